The van der Waals surface area contributed by atoms with Gasteiger partial charge in [-0.25, -0.2) is 4.39 Å². The number of nitrogens with one attached hydrogen (secondary N) is 1. The highest BCUT2D eigenvalue weighted by Gasteiger charge is 2.19. The van der Waals surface area contributed by atoms with Gasteiger partial charge in [0, 0.05) is 20.1 Å². The molecule has 0 aromatic rings. The second-order valence-corrected chi connectivity index (χ2v) is 2.58. The summed E-state index contributed by atoms with van der Waals surface area (Å²) in [5.74, 6) is 0.811. The largest absolute Gasteiger partial charge is 0.328 e. The molecule has 1 N–H and O–H groups in total. The summed E-state index contributed by atoms with van der Waals surface area (Å²) in [5, 5.41) is 3.13. The van der Waals surface area contributed by atoms with Crippen LogP contribution in [0.15, 0.2) is 4.99 Å². The van der Waals surface area contributed by atoms with E-state index in [0.29, 0.717) is 13.1 Å². The predicted octanol–water partition coefficient (Wildman–Crippen LogP) is 0.235. The van der Waals surface area contributed by atoms with Gasteiger partial charge in [0.1, 0.15) is 5.84 Å². The molecule has 0 spiro atoms. The van der Waals surface area contributed by atoms with Crippen LogP contribution in [0.2, 0.25) is 0 Å². The van der Waals surface area contributed by atoms with Crippen LogP contribution in [0.3, 0.4) is 0 Å². The van der Waals surface area contributed by atoms with Crippen molar-refractivity contribution in [3.8, 4) is 0 Å². The Labute approximate surface area is 66.3 Å². The van der Waals surface area contributed by atoms with Gasteiger partial charge in [-0.3, -0.25) is 4.99 Å². The van der Waals surface area contributed by atoms with Crippen molar-refractivity contribution >= 4 is 5.84 Å². The third-order valence-corrected chi connectivity index (χ3v) is 1.83. The molecular weight excluding hydrogens is 145 g/mol. The number of piperazine rings is 1. The Bertz CT molecular complexity index is 156. The van der Waals surface area contributed by atoms with Crippen molar-refractivity contribution in [1.82, 2.24) is 10.2 Å². The van der Waals surface area contributed by atoms with E-state index >= 15 is 0 Å². The van der Waals surface area contributed by atoms with E-state index in [4.69, 9.17) is 0 Å². The van der Waals surface area contributed by atoms with Gasteiger partial charge in [0.2, 0.25) is 0 Å². The summed E-state index contributed by atoms with van der Waals surface area (Å²) in [6.45, 7) is 3.78. The minimum atomic E-state index is -0.921. The molecule has 0 aromatic carbocycles. The molecule has 0 saturated carbocycles. The number of hydrogen-bond donors (Lipinski definition) is 1. The molecule has 1 aliphatic heterocycles. The van der Waals surface area contributed by atoms with Crippen molar-refractivity contribution in [2.24, 2.45) is 4.99 Å². The number of hydrogen-bond acceptors (Lipinski definition) is 2. The summed E-state index contributed by atoms with van der Waals surface area (Å²) >= 11 is 0. The van der Waals surface area contributed by atoms with Crippen molar-refractivity contribution in [3.05, 3.63) is 0 Å². The van der Waals surface area contributed by atoms with E-state index in [1.54, 1.807) is 11.9 Å². The zero-order valence-electron chi connectivity index (χ0n) is 6.97. The van der Waals surface area contributed by atoms with Crippen molar-refractivity contribution in [1.29, 1.82) is 0 Å². The van der Waals surface area contributed by atoms with E-state index in [2.05, 4.69) is 10.3 Å². The summed E-state index contributed by atoms with van der Waals surface area (Å²) in [7, 11) is 1.69. The minimum absolute atomic E-state index is 0.685. The van der Waals surface area contributed by atoms with Gasteiger partial charge in [0.25, 0.3) is 0 Å². The summed E-state index contributed by atoms with van der Waals surface area (Å²) in [4.78, 5) is 5.67. The van der Waals surface area contributed by atoms with E-state index in [1.165, 1.54) is 6.92 Å². The highest BCUT2D eigenvalue weighted by molar-refractivity contribution is 5.84. The van der Waals surface area contributed by atoms with Crippen molar-refractivity contribution in [2.45, 2.75) is 13.2 Å². The molecule has 1 unspecified atom stereocenters. The fraction of sp³-hybridized carbons (Fsp3) is 0.857. The Morgan fingerprint density at radius 1 is 1.73 bits per heavy atom. The first-order valence-corrected chi connectivity index (χ1v) is 3.83. The lowest BCUT2D eigenvalue weighted by Gasteiger charge is -2.31. The molecule has 0 bridgehead atoms. The lowest BCUT2D eigenvalue weighted by atomic mass is 10.3. The zero-order chi connectivity index (χ0) is 8.27. The summed E-state index contributed by atoms with van der Waals surface area (Å²) < 4.78 is 12.8. The van der Waals surface area contributed by atoms with Crippen LogP contribution in [0.5, 0.6) is 0 Å². The first-order chi connectivity index (χ1) is 5.25. The van der Waals surface area contributed by atoms with E-state index in [9.17, 15) is 4.39 Å². The van der Waals surface area contributed by atoms with E-state index < -0.39 is 6.30 Å². The molecule has 1 saturated heterocycles. The molecule has 4 heteroatoms. The van der Waals surface area contributed by atoms with Gasteiger partial charge in [0.05, 0.1) is 6.54 Å². The molecule has 64 valence electrons. The Morgan fingerprint density at radius 3 is 2.91 bits per heavy atom. The van der Waals surface area contributed by atoms with Crippen LogP contribution in [-0.2, 0) is 0 Å². The maximum Gasteiger partial charge on any atom is 0.170 e. The first-order valence-electron chi connectivity index (χ1n) is 3.83. The minimum Gasteiger partial charge on any atom is -0.328 e. The van der Waals surface area contributed by atoms with Crippen LogP contribution >= 0.6 is 0 Å². The molecule has 1 atom stereocenters. The van der Waals surface area contributed by atoms with Gasteiger partial charge in [-0.1, -0.05) is 0 Å². The maximum absolute atomic E-state index is 12.8. The smallest absolute Gasteiger partial charge is 0.170 e. The van der Waals surface area contributed by atoms with Crippen LogP contribution in [0.25, 0.3) is 0 Å². The first kappa shape index (κ1) is 8.46. The maximum atomic E-state index is 12.8. The zero-order valence-corrected chi connectivity index (χ0v) is 6.97. The molecule has 0 amide bonds. The van der Waals surface area contributed by atoms with Gasteiger partial charge in [0.15, 0.2) is 6.30 Å². The highest BCUT2D eigenvalue weighted by atomic mass is 19.1. The van der Waals surface area contributed by atoms with Crippen LogP contribution < -0.4 is 5.32 Å². The molecule has 1 heterocycles. The number of aliphatic imine (C=N–C) groups is 1. The molecule has 3 nitrogen and oxygen atoms in total. The number of alkyl halides is 1. The number of nitrogens with zero attached hydrogens (tertiary/aromatic N) is 2. The average molecular weight is 159 g/mol. The average Bonchev–Trinajstić information content (AvgIpc) is 2.04. The molecular formula is C7H14FN3. The fourth-order valence-electron chi connectivity index (χ4n) is 1.22. The number of amidine groups is 1. The summed E-state index contributed by atoms with van der Waals surface area (Å²) in [6, 6.07) is 0. The van der Waals surface area contributed by atoms with Gasteiger partial charge < -0.3 is 10.2 Å². The van der Waals surface area contributed by atoms with Crippen molar-refractivity contribution in [2.75, 3.05) is 26.7 Å². The molecule has 11 heavy (non-hydrogen) atoms. The predicted molar refractivity (Wildman–Crippen MR) is 43.5 cm³/mol. The normalized spacial score (nSPS) is 25.7. The Balaban J connectivity index is 2.59. The summed E-state index contributed by atoms with van der Waals surface area (Å²) in [6.07, 6.45) is -0.921. The van der Waals surface area contributed by atoms with Crippen LogP contribution in [0, 0.1) is 0 Å². The van der Waals surface area contributed by atoms with Gasteiger partial charge >= 0.3 is 0 Å². The lowest BCUT2D eigenvalue weighted by molar-refractivity contribution is 0.163. The van der Waals surface area contributed by atoms with Gasteiger partial charge in [-0.2, -0.15) is 0 Å². The van der Waals surface area contributed by atoms with Crippen LogP contribution in [0.1, 0.15) is 6.92 Å². The van der Waals surface area contributed by atoms with Crippen LogP contribution in [0.4, 0.5) is 4.39 Å². The quantitative estimate of drug-likeness (QED) is 0.555. The van der Waals surface area contributed by atoms with Crippen LogP contribution in [-0.4, -0.2) is 43.7 Å². The summed E-state index contributed by atoms with van der Waals surface area (Å²) in [5.41, 5.74) is 0. The standard InChI is InChI=1S/C7H14FN3/c1-6(8)11-4-3-10-5-7(11)9-2/h6,10H,3-5H2,1-2H3. The van der Waals surface area contributed by atoms with Crippen molar-refractivity contribution in [3.63, 3.8) is 0 Å². The number of halogens is 1. The second kappa shape index (κ2) is 3.67. The van der Waals surface area contributed by atoms with E-state index in [0.717, 1.165) is 12.4 Å². The Kier molecular flexibility index (Phi) is 2.82. The molecule has 0 aliphatic carbocycles. The molecule has 0 radical (unpaired) electrons. The highest BCUT2D eigenvalue weighted by Crippen LogP contribution is 2.03. The molecule has 1 aliphatic rings. The second-order valence-electron chi connectivity index (χ2n) is 2.58. The molecule has 0 aromatic heterocycles. The van der Waals surface area contributed by atoms with E-state index in [-0.39, 0.29) is 0 Å². The van der Waals surface area contributed by atoms with Gasteiger partial charge in [-0.05, 0) is 6.92 Å². The lowest BCUT2D eigenvalue weighted by Crippen LogP contribution is -2.50. The number of rotatable bonds is 1. The topological polar surface area (TPSA) is 27.6 Å². The Hall–Kier alpha value is -0.640. The third-order valence-electron chi connectivity index (χ3n) is 1.83. The SMILES string of the molecule is CN=C1CNCCN1C(C)F. The molecule has 1 rings (SSSR count). The third kappa shape index (κ3) is 1.89. The van der Waals surface area contributed by atoms with Crippen molar-refractivity contribution < 1.29 is 4.39 Å². The van der Waals surface area contributed by atoms with Gasteiger partial charge in [-0.15, -0.1) is 0 Å². The van der Waals surface area contributed by atoms with E-state index in [1.807, 2.05) is 0 Å². The molecule has 1 fully saturated rings. The fourth-order valence-corrected chi connectivity index (χ4v) is 1.22. The monoisotopic (exact) mass is 159 g/mol. The Morgan fingerprint density at radius 2 is 2.45 bits per heavy atom.